The molecule has 0 unspecified atom stereocenters. The summed E-state index contributed by atoms with van der Waals surface area (Å²) < 4.78 is 4.93. The van der Waals surface area contributed by atoms with Gasteiger partial charge in [-0.05, 0) is 25.7 Å². The van der Waals surface area contributed by atoms with Crippen molar-refractivity contribution in [3.8, 4) is 0 Å². The summed E-state index contributed by atoms with van der Waals surface area (Å²) in [5.74, 6) is -0.00813. The number of amides is 1. The van der Waals surface area contributed by atoms with E-state index in [1.54, 1.807) is 6.92 Å². The summed E-state index contributed by atoms with van der Waals surface area (Å²) in [7, 11) is 0. The Bertz CT molecular complexity index is 456. The van der Waals surface area contributed by atoms with Crippen LogP contribution in [0.2, 0.25) is 0 Å². The number of carbonyl (C=O) groups is 2. The molecule has 0 saturated carbocycles. The fraction of sp³-hybridized carbons (Fsp3) is 0.692. The highest BCUT2D eigenvalue weighted by atomic mass is 16.5. The average molecular weight is 283 g/mol. The minimum Gasteiger partial charge on any atom is -0.480 e. The molecule has 0 aliphatic carbocycles. The van der Waals surface area contributed by atoms with Crippen molar-refractivity contribution in [3.05, 3.63) is 11.7 Å². The van der Waals surface area contributed by atoms with Crippen LogP contribution in [-0.4, -0.2) is 33.2 Å². The van der Waals surface area contributed by atoms with Gasteiger partial charge in [-0.2, -0.15) is 4.98 Å². The summed E-state index contributed by atoms with van der Waals surface area (Å²) in [6.45, 7) is 5.56. The Kier molecular flexibility index (Phi) is 6.14. The van der Waals surface area contributed by atoms with Crippen LogP contribution in [0.4, 0.5) is 0 Å². The molecule has 0 radical (unpaired) electrons. The van der Waals surface area contributed by atoms with E-state index in [9.17, 15) is 9.59 Å². The number of nitrogens with zero attached hydrogens (tertiary/aromatic N) is 2. The fourth-order valence-corrected chi connectivity index (χ4v) is 1.80. The Morgan fingerprint density at radius 1 is 1.40 bits per heavy atom. The molecule has 1 atom stereocenters. The molecule has 2 N–H and O–H groups in total. The third kappa shape index (κ3) is 5.81. The van der Waals surface area contributed by atoms with Crippen molar-refractivity contribution < 1.29 is 19.2 Å². The molecule has 0 bridgehead atoms. The van der Waals surface area contributed by atoms with Crippen LogP contribution in [0.25, 0.3) is 0 Å². The first-order chi connectivity index (χ1) is 9.38. The van der Waals surface area contributed by atoms with Crippen LogP contribution < -0.4 is 5.32 Å². The summed E-state index contributed by atoms with van der Waals surface area (Å²) in [5.41, 5.74) is 0. The van der Waals surface area contributed by atoms with Gasteiger partial charge in [-0.15, -0.1) is 0 Å². The van der Waals surface area contributed by atoms with Gasteiger partial charge < -0.3 is 14.9 Å². The van der Waals surface area contributed by atoms with E-state index in [1.165, 1.54) is 0 Å². The van der Waals surface area contributed by atoms with E-state index in [-0.39, 0.29) is 18.2 Å². The molecule has 1 aromatic rings. The minimum absolute atomic E-state index is 0.206. The molecule has 1 rings (SSSR count). The lowest BCUT2D eigenvalue weighted by atomic mass is 10.0. The van der Waals surface area contributed by atoms with Gasteiger partial charge in [-0.3, -0.25) is 4.79 Å². The third-order valence-electron chi connectivity index (χ3n) is 2.70. The predicted octanol–water partition coefficient (Wildman–Crippen LogP) is 1.32. The van der Waals surface area contributed by atoms with E-state index >= 15 is 0 Å². The molecule has 1 amide bonds. The Balaban J connectivity index is 2.32. The molecule has 1 aromatic heterocycles. The van der Waals surface area contributed by atoms with Gasteiger partial charge in [-0.25, -0.2) is 4.79 Å². The zero-order chi connectivity index (χ0) is 15.1. The van der Waals surface area contributed by atoms with Crippen LogP contribution in [-0.2, 0) is 16.0 Å². The molecule has 0 saturated heterocycles. The first-order valence-corrected chi connectivity index (χ1v) is 6.70. The quantitative estimate of drug-likeness (QED) is 0.745. The van der Waals surface area contributed by atoms with E-state index in [2.05, 4.69) is 15.5 Å². The van der Waals surface area contributed by atoms with Crippen LogP contribution in [0.5, 0.6) is 0 Å². The second-order valence-corrected chi connectivity index (χ2v) is 5.18. The van der Waals surface area contributed by atoms with Crippen LogP contribution in [0.3, 0.4) is 0 Å². The van der Waals surface area contributed by atoms with Crippen molar-refractivity contribution in [2.24, 2.45) is 5.92 Å². The van der Waals surface area contributed by atoms with Gasteiger partial charge in [0.05, 0.1) is 0 Å². The van der Waals surface area contributed by atoms with E-state index < -0.39 is 12.0 Å². The molecular formula is C13H21N3O4. The van der Waals surface area contributed by atoms with Crippen molar-refractivity contribution in [1.29, 1.82) is 0 Å². The number of nitrogens with one attached hydrogen (secondary N) is 1. The number of carbonyl (C=O) groups excluding carboxylic acids is 1. The maximum atomic E-state index is 11.7. The zero-order valence-corrected chi connectivity index (χ0v) is 12.0. The third-order valence-corrected chi connectivity index (χ3v) is 2.70. The number of hydrogen-bond acceptors (Lipinski definition) is 5. The number of carboxylic acids is 1. The molecule has 20 heavy (non-hydrogen) atoms. The number of rotatable bonds is 8. The van der Waals surface area contributed by atoms with Crippen LogP contribution in [0.1, 0.15) is 44.8 Å². The van der Waals surface area contributed by atoms with Crippen molar-refractivity contribution in [2.75, 3.05) is 0 Å². The summed E-state index contributed by atoms with van der Waals surface area (Å²) in [6.07, 6.45) is 1.71. The molecule has 0 spiro atoms. The van der Waals surface area contributed by atoms with E-state index in [0.717, 1.165) is 0 Å². The largest absolute Gasteiger partial charge is 0.480 e. The highest BCUT2D eigenvalue weighted by Gasteiger charge is 2.20. The Morgan fingerprint density at radius 2 is 2.10 bits per heavy atom. The second kappa shape index (κ2) is 7.62. The monoisotopic (exact) mass is 283 g/mol. The first-order valence-electron chi connectivity index (χ1n) is 6.70. The molecule has 0 aliphatic rings. The number of aromatic nitrogens is 2. The molecular weight excluding hydrogens is 262 g/mol. The maximum absolute atomic E-state index is 11.7. The predicted molar refractivity (Wildman–Crippen MR) is 71.0 cm³/mol. The van der Waals surface area contributed by atoms with Gasteiger partial charge in [-0.1, -0.05) is 19.0 Å². The van der Waals surface area contributed by atoms with Gasteiger partial charge in [0.15, 0.2) is 5.82 Å². The minimum atomic E-state index is -1.00. The lowest BCUT2D eigenvalue weighted by Gasteiger charge is -2.16. The number of aryl methyl sites for hydroxylation is 2. The maximum Gasteiger partial charge on any atom is 0.326 e. The van der Waals surface area contributed by atoms with Crippen molar-refractivity contribution in [2.45, 2.75) is 52.5 Å². The standard InChI is InChI=1S/C13H21N3O4/c1-8(2)7-10(13(18)19)15-11(17)5-4-6-12-14-9(3)16-20-12/h8,10H,4-7H2,1-3H3,(H,15,17)(H,18,19)/t10-/m1/s1. The van der Waals surface area contributed by atoms with Gasteiger partial charge in [0.2, 0.25) is 11.8 Å². The fourth-order valence-electron chi connectivity index (χ4n) is 1.80. The molecule has 0 aliphatic heterocycles. The topological polar surface area (TPSA) is 105 Å². The lowest BCUT2D eigenvalue weighted by Crippen LogP contribution is -2.41. The summed E-state index contributed by atoms with van der Waals surface area (Å²) in [4.78, 5) is 26.7. The summed E-state index contributed by atoms with van der Waals surface area (Å²) in [5, 5.41) is 15.2. The molecule has 0 aromatic carbocycles. The lowest BCUT2D eigenvalue weighted by molar-refractivity contribution is -0.142. The van der Waals surface area contributed by atoms with Crippen LogP contribution in [0.15, 0.2) is 4.52 Å². The van der Waals surface area contributed by atoms with Crippen LogP contribution >= 0.6 is 0 Å². The number of carboxylic acid groups (broad SMARTS) is 1. The van der Waals surface area contributed by atoms with Gasteiger partial charge >= 0.3 is 5.97 Å². The summed E-state index contributed by atoms with van der Waals surface area (Å²) >= 11 is 0. The molecule has 112 valence electrons. The second-order valence-electron chi connectivity index (χ2n) is 5.18. The molecule has 7 heteroatoms. The zero-order valence-electron chi connectivity index (χ0n) is 12.0. The first kappa shape index (κ1) is 16.1. The Labute approximate surface area is 117 Å². The van der Waals surface area contributed by atoms with Crippen molar-refractivity contribution in [3.63, 3.8) is 0 Å². The Morgan fingerprint density at radius 3 is 2.60 bits per heavy atom. The van der Waals surface area contributed by atoms with Gasteiger partial charge in [0.25, 0.3) is 0 Å². The smallest absolute Gasteiger partial charge is 0.326 e. The molecule has 7 nitrogen and oxygen atoms in total. The molecule has 1 heterocycles. The van der Waals surface area contributed by atoms with E-state index in [4.69, 9.17) is 9.63 Å². The van der Waals surface area contributed by atoms with Crippen LogP contribution in [0, 0.1) is 12.8 Å². The van der Waals surface area contributed by atoms with E-state index in [1.807, 2.05) is 13.8 Å². The normalized spacial score (nSPS) is 12.4. The highest BCUT2D eigenvalue weighted by Crippen LogP contribution is 2.07. The molecule has 0 fully saturated rings. The SMILES string of the molecule is Cc1noc(CCCC(=O)N[C@H](CC(C)C)C(=O)O)n1. The summed E-state index contributed by atoms with van der Waals surface area (Å²) in [6, 6.07) is -0.826. The van der Waals surface area contributed by atoms with Crippen molar-refractivity contribution in [1.82, 2.24) is 15.5 Å². The van der Waals surface area contributed by atoms with Gasteiger partial charge in [0, 0.05) is 12.8 Å². The van der Waals surface area contributed by atoms with E-state index in [0.29, 0.717) is 31.0 Å². The highest BCUT2D eigenvalue weighted by molar-refractivity contribution is 5.83. The number of hydrogen-bond donors (Lipinski definition) is 2. The Hall–Kier alpha value is -1.92. The average Bonchev–Trinajstić information content (AvgIpc) is 2.73. The van der Waals surface area contributed by atoms with Crippen molar-refractivity contribution >= 4 is 11.9 Å². The number of aliphatic carboxylic acids is 1. The van der Waals surface area contributed by atoms with Gasteiger partial charge in [0.1, 0.15) is 6.04 Å².